The SMILES string of the molecule is N#Cc1ccc(OCCCC(CC=N)CCC=N)cc1. The summed E-state index contributed by atoms with van der Waals surface area (Å²) in [5, 5.41) is 22.9. The molecule has 1 aromatic rings. The first-order valence-electron chi connectivity index (χ1n) is 6.91. The Kier molecular flexibility index (Phi) is 7.74. The van der Waals surface area contributed by atoms with Gasteiger partial charge in [0.25, 0.3) is 0 Å². The van der Waals surface area contributed by atoms with Crippen LogP contribution in [0.3, 0.4) is 0 Å². The summed E-state index contributed by atoms with van der Waals surface area (Å²) in [6.07, 6.45) is 7.38. The zero-order valence-corrected chi connectivity index (χ0v) is 11.6. The molecule has 1 unspecified atom stereocenters. The monoisotopic (exact) mass is 271 g/mol. The maximum Gasteiger partial charge on any atom is 0.119 e. The van der Waals surface area contributed by atoms with Crippen LogP contribution in [-0.2, 0) is 0 Å². The summed E-state index contributed by atoms with van der Waals surface area (Å²) < 4.78 is 5.63. The summed E-state index contributed by atoms with van der Waals surface area (Å²) in [5.41, 5.74) is 0.634. The number of nitrogens with zero attached hydrogens (tertiary/aromatic N) is 1. The minimum absolute atomic E-state index is 0.471. The van der Waals surface area contributed by atoms with Gasteiger partial charge in [-0.25, -0.2) is 0 Å². The molecule has 0 radical (unpaired) electrons. The molecular weight excluding hydrogens is 250 g/mol. The molecule has 20 heavy (non-hydrogen) atoms. The van der Waals surface area contributed by atoms with E-state index in [1.54, 1.807) is 12.1 Å². The molecule has 4 nitrogen and oxygen atoms in total. The van der Waals surface area contributed by atoms with Crippen LogP contribution in [0.5, 0.6) is 5.75 Å². The highest BCUT2D eigenvalue weighted by atomic mass is 16.5. The number of nitriles is 1. The first kappa shape index (κ1) is 15.9. The Balaban J connectivity index is 2.26. The Bertz CT molecular complexity index is 448. The van der Waals surface area contributed by atoms with Gasteiger partial charge in [-0.2, -0.15) is 5.26 Å². The molecule has 0 saturated heterocycles. The molecule has 0 aliphatic heterocycles. The lowest BCUT2D eigenvalue weighted by Gasteiger charge is -2.13. The average Bonchev–Trinajstić information content (AvgIpc) is 2.49. The number of benzene rings is 1. The van der Waals surface area contributed by atoms with Crippen LogP contribution in [0.1, 0.15) is 37.7 Å². The Morgan fingerprint density at radius 3 is 2.50 bits per heavy atom. The highest BCUT2D eigenvalue weighted by molar-refractivity contribution is 5.54. The summed E-state index contributed by atoms with van der Waals surface area (Å²) in [5.74, 6) is 1.26. The molecule has 106 valence electrons. The van der Waals surface area contributed by atoms with Gasteiger partial charge in [-0.1, -0.05) is 0 Å². The molecule has 0 saturated carbocycles. The fourth-order valence-corrected chi connectivity index (χ4v) is 2.05. The first-order valence-corrected chi connectivity index (χ1v) is 6.91. The molecule has 0 aliphatic carbocycles. The third-order valence-corrected chi connectivity index (χ3v) is 3.18. The van der Waals surface area contributed by atoms with Crippen LogP contribution < -0.4 is 4.74 Å². The molecule has 2 N–H and O–H groups in total. The van der Waals surface area contributed by atoms with Gasteiger partial charge in [0.2, 0.25) is 0 Å². The fraction of sp³-hybridized carbons (Fsp3) is 0.438. The minimum Gasteiger partial charge on any atom is -0.494 e. The lowest BCUT2D eigenvalue weighted by molar-refractivity contribution is 0.291. The van der Waals surface area contributed by atoms with E-state index in [4.69, 9.17) is 20.8 Å². The van der Waals surface area contributed by atoms with Gasteiger partial charge in [0.05, 0.1) is 18.2 Å². The van der Waals surface area contributed by atoms with E-state index in [9.17, 15) is 0 Å². The largest absolute Gasteiger partial charge is 0.494 e. The third kappa shape index (κ3) is 6.14. The standard InChI is InChI=1S/C16H21N3O/c17-10-1-3-14(9-11-18)4-2-12-20-16-7-5-15(13-19)6-8-16/h5-8,10-11,14,17-18H,1-4,9,12H2. The number of nitrogens with one attached hydrogen (secondary N) is 2. The van der Waals surface area contributed by atoms with E-state index in [0.717, 1.165) is 37.9 Å². The molecular formula is C16H21N3O. The van der Waals surface area contributed by atoms with Gasteiger partial charge in [0.15, 0.2) is 0 Å². The molecule has 0 aromatic heterocycles. The van der Waals surface area contributed by atoms with Gasteiger partial charge in [-0.05, 0) is 74.7 Å². The number of rotatable bonds is 10. The minimum atomic E-state index is 0.471. The maximum absolute atomic E-state index is 8.70. The summed E-state index contributed by atoms with van der Waals surface area (Å²) in [4.78, 5) is 0. The van der Waals surface area contributed by atoms with Crippen LogP contribution in [0.15, 0.2) is 24.3 Å². The van der Waals surface area contributed by atoms with Crippen molar-refractivity contribution in [2.45, 2.75) is 32.1 Å². The summed E-state index contributed by atoms with van der Waals surface area (Å²) >= 11 is 0. The topological polar surface area (TPSA) is 80.7 Å². The lowest BCUT2D eigenvalue weighted by Crippen LogP contribution is -2.05. The predicted octanol–water partition coefficient (Wildman–Crippen LogP) is 3.80. The summed E-state index contributed by atoms with van der Waals surface area (Å²) in [6.45, 7) is 0.644. The van der Waals surface area contributed by atoms with Crippen molar-refractivity contribution >= 4 is 12.4 Å². The molecule has 0 aliphatic rings. The van der Waals surface area contributed by atoms with E-state index in [-0.39, 0.29) is 0 Å². The molecule has 1 atom stereocenters. The van der Waals surface area contributed by atoms with Crippen molar-refractivity contribution in [3.8, 4) is 11.8 Å². The maximum atomic E-state index is 8.70. The second kappa shape index (κ2) is 9.74. The predicted molar refractivity (Wildman–Crippen MR) is 80.8 cm³/mol. The van der Waals surface area contributed by atoms with E-state index < -0.39 is 0 Å². The zero-order chi connectivity index (χ0) is 14.6. The Morgan fingerprint density at radius 1 is 1.15 bits per heavy atom. The third-order valence-electron chi connectivity index (χ3n) is 3.18. The van der Waals surface area contributed by atoms with Crippen LogP contribution in [0.25, 0.3) is 0 Å². The highest BCUT2D eigenvalue weighted by Gasteiger charge is 2.06. The van der Waals surface area contributed by atoms with E-state index in [1.165, 1.54) is 12.4 Å². The van der Waals surface area contributed by atoms with Crippen LogP contribution in [0.2, 0.25) is 0 Å². The van der Waals surface area contributed by atoms with Gasteiger partial charge in [-0.3, -0.25) is 0 Å². The average molecular weight is 271 g/mol. The fourth-order valence-electron chi connectivity index (χ4n) is 2.05. The quantitative estimate of drug-likeness (QED) is 0.501. The van der Waals surface area contributed by atoms with Crippen LogP contribution >= 0.6 is 0 Å². The Morgan fingerprint density at radius 2 is 1.90 bits per heavy atom. The van der Waals surface area contributed by atoms with Gasteiger partial charge < -0.3 is 15.6 Å². The molecule has 0 heterocycles. The molecule has 0 bridgehead atoms. The smallest absolute Gasteiger partial charge is 0.119 e. The van der Waals surface area contributed by atoms with Crippen LogP contribution in [0.4, 0.5) is 0 Å². The Hall–Kier alpha value is -2.15. The van der Waals surface area contributed by atoms with Gasteiger partial charge in [0, 0.05) is 0 Å². The van der Waals surface area contributed by atoms with Crippen molar-refractivity contribution in [1.82, 2.24) is 0 Å². The highest BCUT2D eigenvalue weighted by Crippen LogP contribution is 2.17. The second-order valence-corrected chi connectivity index (χ2v) is 4.71. The van der Waals surface area contributed by atoms with Gasteiger partial charge >= 0.3 is 0 Å². The molecule has 0 spiro atoms. The van der Waals surface area contributed by atoms with Crippen molar-refractivity contribution in [2.24, 2.45) is 5.92 Å². The van der Waals surface area contributed by atoms with Crippen molar-refractivity contribution in [1.29, 1.82) is 16.1 Å². The van der Waals surface area contributed by atoms with E-state index >= 15 is 0 Å². The van der Waals surface area contributed by atoms with Crippen molar-refractivity contribution in [2.75, 3.05) is 6.61 Å². The molecule has 0 amide bonds. The number of hydrogen-bond donors (Lipinski definition) is 2. The van der Waals surface area contributed by atoms with E-state index in [1.807, 2.05) is 12.1 Å². The van der Waals surface area contributed by atoms with Crippen LogP contribution in [-0.4, -0.2) is 19.0 Å². The molecule has 1 rings (SSSR count). The van der Waals surface area contributed by atoms with Crippen molar-refractivity contribution in [3.05, 3.63) is 29.8 Å². The van der Waals surface area contributed by atoms with Crippen LogP contribution in [0, 0.1) is 28.1 Å². The molecule has 0 fully saturated rings. The van der Waals surface area contributed by atoms with Crippen molar-refractivity contribution < 1.29 is 4.74 Å². The molecule has 1 aromatic carbocycles. The normalized spacial score (nSPS) is 11.3. The summed E-state index contributed by atoms with van der Waals surface area (Å²) in [6, 6.07) is 9.19. The van der Waals surface area contributed by atoms with Gasteiger partial charge in [0.1, 0.15) is 5.75 Å². The lowest BCUT2D eigenvalue weighted by atomic mass is 9.95. The zero-order valence-electron chi connectivity index (χ0n) is 11.6. The molecule has 4 heteroatoms. The van der Waals surface area contributed by atoms with E-state index in [2.05, 4.69) is 6.07 Å². The number of hydrogen-bond acceptors (Lipinski definition) is 4. The van der Waals surface area contributed by atoms with Gasteiger partial charge in [-0.15, -0.1) is 0 Å². The van der Waals surface area contributed by atoms with Crippen molar-refractivity contribution in [3.63, 3.8) is 0 Å². The first-order chi connectivity index (χ1) is 9.80. The second-order valence-electron chi connectivity index (χ2n) is 4.71. The summed E-state index contributed by atoms with van der Waals surface area (Å²) in [7, 11) is 0. The Labute approximate surface area is 120 Å². The number of ether oxygens (including phenoxy) is 1. The van der Waals surface area contributed by atoms with E-state index in [0.29, 0.717) is 18.1 Å².